The first-order valence-electron chi connectivity index (χ1n) is 3.95. The van der Waals surface area contributed by atoms with Crippen molar-refractivity contribution >= 4 is 56.1 Å². The van der Waals surface area contributed by atoms with Gasteiger partial charge >= 0.3 is 0 Å². The molecule has 78 valence electrons. The van der Waals surface area contributed by atoms with E-state index in [4.69, 9.17) is 23.2 Å². The fraction of sp³-hybridized carbons (Fsp3) is 0. The van der Waals surface area contributed by atoms with Gasteiger partial charge in [-0.25, -0.2) is 4.98 Å². The summed E-state index contributed by atoms with van der Waals surface area (Å²) in [4.78, 5) is 5.17. The molecular formula is C9H5Cl2NS3. The number of hydrogen-bond acceptors (Lipinski definition) is 4. The lowest BCUT2D eigenvalue weighted by molar-refractivity contribution is 1.26. The van der Waals surface area contributed by atoms with Gasteiger partial charge in [0, 0.05) is 21.5 Å². The molecule has 1 nitrogen and oxygen atoms in total. The first kappa shape index (κ1) is 11.6. The molecule has 2 rings (SSSR count). The number of rotatable bonds is 3. The summed E-state index contributed by atoms with van der Waals surface area (Å²) in [6, 6.07) is 5.49. The lowest BCUT2D eigenvalue weighted by Crippen LogP contribution is -1.72. The second-order valence-electron chi connectivity index (χ2n) is 2.54. The second-order valence-corrected chi connectivity index (χ2v) is 6.70. The molecule has 15 heavy (non-hydrogen) atoms. The normalized spacial score (nSPS) is 10.5. The summed E-state index contributed by atoms with van der Waals surface area (Å²) >= 11 is 13.5. The molecule has 0 saturated heterocycles. The van der Waals surface area contributed by atoms with Gasteiger partial charge in [0.2, 0.25) is 0 Å². The Hall–Kier alpha value is 0.130. The Bertz CT molecular complexity index is 445. The predicted molar refractivity (Wildman–Crippen MR) is 70.3 cm³/mol. The smallest absolute Gasteiger partial charge is 0.160 e. The van der Waals surface area contributed by atoms with Crippen LogP contribution in [0.3, 0.4) is 0 Å². The average Bonchev–Trinajstić information content (AvgIpc) is 2.69. The van der Waals surface area contributed by atoms with E-state index in [1.54, 1.807) is 45.2 Å². The molecule has 1 aromatic carbocycles. The fourth-order valence-corrected chi connectivity index (χ4v) is 4.46. The molecule has 0 aliphatic rings. The highest BCUT2D eigenvalue weighted by Gasteiger charge is 2.04. The summed E-state index contributed by atoms with van der Waals surface area (Å²) in [5.74, 6) is 0. The Morgan fingerprint density at radius 1 is 1.20 bits per heavy atom. The zero-order valence-corrected chi connectivity index (χ0v) is 11.3. The minimum Gasteiger partial charge on any atom is -0.237 e. The Morgan fingerprint density at radius 2 is 2.07 bits per heavy atom. The van der Waals surface area contributed by atoms with Gasteiger partial charge in [-0.05, 0) is 39.8 Å². The van der Waals surface area contributed by atoms with Gasteiger partial charge in [-0.3, -0.25) is 0 Å². The van der Waals surface area contributed by atoms with E-state index in [1.165, 1.54) is 0 Å². The second kappa shape index (κ2) is 5.46. The molecule has 0 bridgehead atoms. The number of nitrogens with zero attached hydrogens (tertiary/aromatic N) is 1. The molecule has 0 saturated carbocycles. The third-order valence-corrected chi connectivity index (χ3v) is 5.72. The van der Waals surface area contributed by atoms with E-state index in [2.05, 4.69) is 4.98 Å². The van der Waals surface area contributed by atoms with Gasteiger partial charge in [-0.15, -0.1) is 11.3 Å². The number of halogens is 2. The van der Waals surface area contributed by atoms with Crippen molar-refractivity contribution in [2.45, 2.75) is 9.24 Å². The van der Waals surface area contributed by atoms with E-state index >= 15 is 0 Å². The summed E-state index contributed by atoms with van der Waals surface area (Å²) in [7, 11) is 3.18. The molecule has 0 atom stereocenters. The third-order valence-electron chi connectivity index (χ3n) is 1.51. The maximum Gasteiger partial charge on any atom is 0.160 e. The van der Waals surface area contributed by atoms with Crippen molar-refractivity contribution in [3.8, 4) is 0 Å². The molecule has 0 unspecified atom stereocenters. The van der Waals surface area contributed by atoms with Gasteiger partial charge in [0.15, 0.2) is 4.34 Å². The average molecular weight is 294 g/mol. The van der Waals surface area contributed by atoms with Gasteiger partial charge in [-0.1, -0.05) is 23.2 Å². The number of hydrogen-bond donors (Lipinski definition) is 0. The van der Waals surface area contributed by atoms with Crippen molar-refractivity contribution in [2.75, 3.05) is 0 Å². The van der Waals surface area contributed by atoms with Crippen molar-refractivity contribution in [3.05, 3.63) is 39.8 Å². The van der Waals surface area contributed by atoms with Crippen LogP contribution in [0.5, 0.6) is 0 Å². The van der Waals surface area contributed by atoms with Crippen LogP contribution in [0.1, 0.15) is 0 Å². The Labute approximate surface area is 110 Å². The molecule has 0 spiro atoms. The fourth-order valence-electron chi connectivity index (χ4n) is 0.875. The molecule has 6 heteroatoms. The molecule has 0 N–H and O–H groups in total. The Morgan fingerprint density at radius 3 is 2.73 bits per heavy atom. The number of aromatic nitrogens is 1. The quantitative estimate of drug-likeness (QED) is 0.718. The van der Waals surface area contributed by atoms with Crippen molar-refractivity contribution in [1.82, 2.24) is 4.98 Å². The summed E-state index contributed by atoms with van der Waals surface area (Å²) in [5.41, 5.74) is 0. The van der Waals surface area contributed by atoms with Crippen LogP contribution in [0.15, 0.2) is 39.0 Å². The van der Waals surface area contributed by atoms with Crippen LogP contribution in [0, 0.1) is 0 Å². The minimum atomic E-state index is 0.656. The molecule has 0 radical (unpaired) electrons. The summed E-state index contributed by atoms with van der Waals surface area (Å²) in [5, 5.41) is 3.28. The van der Waals surface area contributed by atoms with E-state index in [0.717, 1.165) is 9.24 Å². The molecule has 1 aromatic heterocycles. The summed E-state index contributed by atoms with van der Waals surface area (Å²) < 4.78 is 1.02. The van der Waals surface area contributed by atoms with Gasteiger partial charge in [0.05, 0.1) is 5.02 Å². The Balaban J connectivity index is 2.05. The molecule has 1 heterocycles. The topological polar surface area (TPSA) is 12.9 Å². The van der Waals surface area contributed by atoms with Crippen LogP contribution in [-0.2, 0) is 0 Å². The highest BCUT2D eigenvalue weighted by molar-refractivity contribution is 8.77. The monoisotopic (exact) mass is 293 g/mol. The van der Waals surface area contributed by atoms with Gasteiger partial charge in [0.25, 0.3) is 0 Å². The van der Waals surface area contributed by atoms with Crippen LogP contribution in [0.25, 0.3) is 0 Å². The zero-order chi connectivity index (χ0) is 10.7. The lowest BCUT2D eigenvalue weighted by atomic mass is 10.4. The first-order valence-corrected chi connectivity index (χ1v) is 7.73. The number of thiazole rings is 1. The van der Waals surface area contributed by atoms with Gasteiger partial charge in [-0.2, -0.15) is 0 Å². The maximum absolute atomic E-state index is 6.03. The van der Waals surface area contributed by atoms with Crippen LogP contribution in [0.4, 0.5) is 0 Å². The van der Waals surface area contributed by atoms with Gasteiger partial charge in [0.1, 0.15) is 0 Å². The van der Waals surface area contributed by atoms with Crippen LogP contribution in [-0.4, -0.2) is 4.98 Å². The van der Waals surface area contributed by atoms with E-state index in [-0.39, 0.29) is 0 Å². The van der Waals surface area contributed by atoms with E-state index < -0.39 is 0 Å². The SMILES string of the molecule is Clc1ccc(SSc2nccs2)c(Cl)c1. The standard InChI is InChI=1S/C9H5Cl2NS3/c10-6-1-2-8(7(11)5-6)14-15-9-12-3-4-13-9/h1-5H. The van der Waals surface area contributed by atoms with Crippen molar-refractivity contribution in [1.29, 1.82) is 0 Å². The van der Waals surface area contributed by atoms with E-state index in [1.807, 2.05) is 17.5 Å². The molecular weight excluding hydrogens is 289 g/mol. The lowest BCUT2D eigenvalue weighted by Gasteiger charge is -2.01. The summed E-state index contributed by atoms with van der Waals surface area (Å²) in [6.07, 6.45) is 1.79. The van der Waals surface area contributed by atoms with Crippen molar-refractivity contribution < 1.29 is 0 Å². The highest BCUT2D eigenvalue weighted by Crippen LogP contribution is 2.41. The minimum absolute atomic E-state index is 0.656. The maximum atomic E-state index is 6.03. The molecule has 0 aliphatic heterocycles. The van der Waals surface area contributed by atoms with Crippen molar-refractivity contribution in [3.63, 3.8) is 0 Å². The van der Waals surface area contributed by atoms with E-state index in [0.29, 0.717) is 10.0 Å². The van der Waals surface area contributed by atoms with Crippen LogP contribution >= 0.6 is 56.1 Å². The molecule has 2 aromatic rings. The first-order chi connectivity index (χ1) is 7.25. The van der Waals surface area contributed by atoms with E-state index in [9.17, 15) is 0 Å². The molecule has 0 amide bonds. The molecule has 0 fully saturated rings. The summed E-state index contributed by atoms with van der Waals surface area (Å²) in [6.45, 7) is 0. The van der Waals surface area contributed by atoms with Crippen LogP contribution < -0.4 is 0 Å². The third kappa shape index (κ3) is 3.29. The zero-order valence-electron chi connectivity index (χ0n) is 7.31. The molecule has 0 aliphatic carbocycles. The highest BCUT2D eigenvalue weighted by atomic mass is 35.5. The predicted octanol–water partition coefficient (Wildman–Crippen LogP) is 5.25. The van der Waals surface area contributed by atoms with Gasteiger partial charge < -0.3 is 0 Å². The largest absolute Gasteiger partial charge is 0.237 e. The number of benzene rings is 1. The van der Waals surface area contributed by atoms with Crippen LogP contribution in [0.2, 0.25) is 10.0 Å². The van der Waals surface area contributed by atoms with Crippen molar-refractivity contribution in [2.24, 2.45) is 0 Å². The Kier molecular flexibility index (Phi) is 4.22.